The number of aliphatic imine (C=N–C) groups is 1. The number of aryl methyl sites for hydroxylation is 2. The summed E-state index contributed by atoms with van der Waals surface area (Å²) >= 11 is 0. The van der Waals surface area contributed by atoms with E-state index in [0.717, 1.165) is 30.7 Å². The van der Waals surface area contributed by atoms with Crippen molar-refractivity contribution in [2.24, 2.45) is 18.0 Å². The molecule has 0 bridgehead atoms. The van der Waals surface area contributed by atoms with Crippen molar-refractivity contribution in [1.29, 1.82) is 0 Å². The van der Waals surface area contributed by atoms with Crippen molar-refractivity contribution in [3.05, 3.63) is 17.0 Å². The minimum atomic E-state index is 0. The fraction of sp³-hybridized carbons (Fsp3) is 0.750. The molecule has 2 N–H and O–H groups in total. The highest BCUT2D eigenvalue weighted by Crippen LogP contribution is 2.12. The van der Waals surface area contributed by atoms with Crippen LogP contribution in [0.1, 0.15) is 50.6 Å². The number of halogens is 1. The fourth-order valence-corrected chi connectivity index (χ4v) is 2.26. The molecule has 0 amide bonds. The second-order valence-electron chi connectivity index (χ2n) is 5.93. The van der Waals surface area contributed by atoms with E-state index >= 15 is 0 Å². The highest BCUT2D eigenvalue weighted by atomic mass is 127. The first-order chi connectivity index (χ1) is 9.95. The van der Waals surface area contributed by atoms with Crippen molar-refractivity contribution in [2.75, 3.05) is 13.1 Å². The molecule has 1 heterocycles. The SMILES string of the molecule is CCNC(=NCc1c(C)nn(C)c1C)NCCCC(C)C.I. The van der Waals surface area contributed by atoms with E-state index in [2.05, 4.69) is 48.4 Å². The van der Waals surface area contributed by atoms with Gasteiger partial charge in [-0.2, -0.15) is 5.10 Å². The summed E-state index contributed by atoms with van der Waals surface area (Å²) in [6, 6.07) is 0. The fourth-order valence-electron chi connectivity index (χ4n) is 2.26. The Kier molecular flexibility index (Phi) is 10.5. The highest BCUT2D eigenvalue weighted by Gasteiger charge is 2.08. The van der Waals surface area contributed by atoms with Gasteiger partial charge in [0.25, 0.3) is 0 Å². The van der Waals surface area contributed by atoms with Gasteiger partial charge in [-0.25, -0.2) is 4.99 Å². The lowest BCUT2D eigenvalue weighted by Crippen LogP contribution is -2.37. The third-order valence-corrected chi connectivity index (χ3v) is 3.65. The Balaban J connectivity index is 0.00000441. The van der Waals surface area contributed by atoms with Crippen LogP contribution < -0.4 is 10.6 Å². The lowest BCUT2D eigenvalue weighted by Gasteiger charge is -2.12. The predicted octanol–water partition coefficient (Wildman–Crippen LogP) is 3.15. The number of hydrogen-bond donors (Lipinski definition) is 2. The Hall–Kier alpha value is -0.790. The second-order valence-corrected chi connectivity index (χ2v) is 5.93. The van der Waals surface area contributed by atoms with Crippen LogP contribution in [-0.4, -0.2) is 28.8 Å². The van der Waals surface area contributed by atoms with E-state index in [0.29, 0.717) is 6.54 Å². The Labute approximate surface area is 152 Å². The summed E-state index contributed by atoms with van der Waals surface area (Å²) in [6.07, 6.45) is 2.42. The maximum Gasteiger partial charge on any atom is 0.191 e. The van der Waals surface area contributed by atoms with E-state index in [1.165, 1.54) is 24.1 Å². The van der Waals surface area contributed by atoms with Gasteiger partial charge in [0.1, 0.15) is 0 Å². The zero-order valence-electron chi connectivity index (χ0n) is 14.9. The van der Waals surface area contributed by atoms with E-state index in [1.54, 1.807) is 0 Å². The molecule has 6 heteroatoms. The average molecular weight is 421 g/mol. The molecule has 0 aliphatic carbocycles. The topological polar surface area (TPSA) is 54.2 Å². The number of guanidine groups is 1. The number of nitrogens with zero attached hydrogens (tertiary/aromatic N) is 3. The van der Waals surface area contributed by atoms with Gasteiger partial charge in [0.05, 0.1) is 12.2 Å². The smallest absolute Gasteiger partial charge is 0.191 e. The van der Waals surface area contributed by atoms with Crippen LogP contribution in [0.5, 0.6) is 0 Å². The molecule has 0 saturated carbocycles. The van der Waals surface area contributed by atoms with E-state index in [1.807, 2.05) is 18.7 Å². The maximum absolute atomic E-state index is 4.68. The average Bonchev–Trinajstić information content (AvgIpc) is 2.65. The molecule has 0 spiro atoms. The van der Waals surface area contributed by atoms with Gasteiger partial charge in [0.15, 0.2) is 5.96 Å². The summed E-state index contributed by atoms with van der Waals surface area (Å²) in [5.74, 6) is 1.65. The summed E-state index contributed by atoms with van der Waals surface area (Å²) in [5, 5.41) is 11.1. The summed E-state index contributed by atoms with van der Waals surface area (Å²) < 4.78 is 1.92. The third kappa shape index (κ3) is 6.98. The van der Waals surface area contributed by atoms with Gasteiger partial charge in [0, 0.05) is 31.4 Å². The second kappa shape index (κ2) is 10.9. The quantitative estimate of drug-likeness (QED) is 0.308. The van der Waals surface area contributed by atoms with Crippen LogP contribution in [-0.2, 0) is 13.6 Å². The minimum Gasteiger partial charge on any atom is -0.357 e. The molecule has 0 aliphatic rings. The van der Waals surface area contributed by atoms with Gasteiger partial charge in [0.2, 0.25) is 0 Å². The number of aromatic nitrogens is 2. The first-order valence-corrected chi connectivity index (χ1v) is 7.96. The molecule has 22 heavy (non-hydrogen) atoms. The van der Waals surface area contributed by atoms with E-state index in [-0.39, 0.29) is 24.0 Å². The lowest BCUT2D eigenvalue weighted by molar-refractivity contribution is 0.549. The third-order valence-electron chi connectivity index (χ3n) is 3.65. The molecule has 0 fully saturated rings. The van der Waals surface area contributed by atoms with Gasteiger partial charge in [-0.15, -0.1) is 24.0 Å². The van der Waals surface area contributed by atoms with Crippen LogP contribution in [0.4, 0.5) is 0 Å². The predicted molar refractivity (Wildman–Crippen MR) is 105 cm³/mol. The van der Waals surface area contributed by atoms with Crippen LogP contribution in [0.15, 0.2) is 4.99 Å². The van der Waals surface area contributed by atoms with E-state index in [9.17, 15) is 0 Å². The first kappa shape index (κ1) is 21.2. The Morgan fingerprint density at radius 3 is 2.45 bits per heavy atom. The van der Waals surface area contributed by atoms with Gasteiger partial charge >= 0.3 is 0 Å². The van der Waals surface area contributed by atoms with Gasteiger partial charge < -0.3 is 10.6 Å². The number of hydrogen-bond acceptors (Lipinski definition) is 2. The lowest BCUT2D eigenvalue weighted by atomic mass is 10.1. The summed E-state index contributed by atoms with van der Waals surface area (Å²) in [6.45, 7) is 13.3. The summed E-state index contributed by atoms with van der Waals surface area (Å²) in [4.78, 5) is 4.68. The Morgan fingerprint density at radius 1 is 1.27 bits per heavy atom. The van der Waals surface area contributed by atoms with Gasteiger partial charge in [-0.1, -0.05) is 13.8 Å². The first-order valence-electron chi connectivity index (χ1n) is 7.96. The minimum absolute atomic E-state index is 0. The molecule has 0 aromatic carbocycles. The molecular formula is C16H32IN5. The van der Waals surface area contributed by atoms with Crippen molar-refractivity contribution in [3.63, 3.8) is 0 Å². The molecule has 1 aromatic heterocycles. The molecule has 0 radical (unpaired) electrons. The van der Waals surface area contributed by atoms with Crippen LogP contribution in [0, 0.1) is 19.8 Å². The van der Waals surface area contributed by atoms with Crippen molar-refractivity contribution in [2.45, 2.75) is 54.0 Å². The molecule has 0 aliphatic heterocycles. The Bertz CT molecular complexity index is 465. The molecule has 0 unspecified atom stereocenters. The van der Waals surface area contributed by atoms with Crippen molar-refractivity contribution in [3.8, 4) is 0 Å². The molecule has 1 rings (SSSR count). The zero-order valence-corrected chi connectivity index (χ0v) is 17.2. The van der Waals surface area contributed by atoms with Crippen LogP contribution in [0.3, 0.4) is 0 Å². The highest BCUT2D eigenvalue weighted by molar-refractivity contribution is 14.0. The van der Waals surface area contributed by atoms with Crippen LogP contribution in [0.2, 0.25) is 0 Å². The van der Waals surface area contributed by atoms with Crippen molar-refractivity contribution in [1.82, 2.24) is 20.4 Å². The number of rotatable bonds is 7. The standard InChI is InChI=1S/C16H31N5.HI/c1-7-17-16(18-10-8-9-12(2)3)19-11-15-13(4)20-21(6)14(15)5;/h12H,7-11H2,1-6H3,(H2,17,18,19);1H. The summed E-state index contributed by atoms with van der Waals surface area (Å²) in [7, 11) is 1.98. The largest absolute Gasteiger partial charge is 0.357 e. The number of nitrogens with one attached hydrogen (secondary N) is 2. The summed E-state index contributed by atoms with van der Waals surface area (Å²) in [5.41, 5.74) is 3.47. The maximum atomic E-state index is 4.68. The molecule has 1 aromatic rings. The zero-order chi connectivity index (χ0) is 15.8. The monoisotopic (exact) mass is 421 g/mol. The van der Waals surface area contributed by atoms with Crippen LogP contribution in [0.25, 0.3) is 0 Å². The van der Waals surface area contributed by atoms with Gasteiger partial charge in [-0.3, -0.25) is 4.68 Å². The van der Waals surface area contributed by atoms with E-state index in [4.69, 9.17) is 0 Å². The molecule has 128 valence electrons. The van der Waals surface area contributed by atoms with E-state index < -0.39 is 0 Å². The Morgan fingerprint density at radius 2 is 1.95 bits per heavy atom. The van der Waals surface area contributed by atoms with Crippen LogP contribution >= 0.6 is 24.0 Å². The normalized spacial score (nSPS) is 11.5. The molecular weight excluding hydrogens is 389 g/mol. The van der Waals surface area contributed by atoms with Crippen molar-refractivity contribution < 1.29 is 0 Å². The molecule has 0 atom stereocenters. The van der Waals surface area contributed by atoms with Crippen molar-refractivity contribution >= 4 is 29.9 Å². The van der Waals surface area contributed by atoms with Gasteiger partial charge in [-0.05, 0) is 39.5 Å². The molecule has 0 saturated heterocycles. The molecule has 5 nitrogen and oxygen atoms in total.